The Kier molecular flexibility index (Phi) is 10.6. The number of primary amides is 1. The van der Waals surface area contributed by atoms with E-state index >= 15 is 0 Å². The molecule has 15 heteroatoms. The van der Waals surface area contributed by atoms with Gasteiger partial charge in [-0.2, -0.15) is 8.78 Å². The van der Waals surface area contributed by atoms with Gasteiger partial charge in [0, 0.05) is 30.2 Å². The topological polar surface area (TPSA) is 172 Å². The third-order valence-electron chi connectivity index (χ3n) is 5.46. The molecule has 6 N–H and O–H groups in total. The van der Waals surface area contributed by atoms with Gasteiger partial charge in [-0.05, 0) is 44.0 Å². The molecule has 2 aromatic carbocycles. The number of halogens is 4. The Morgan fingerprint density at radius 1 is 1.07 bits per heavy atom. The molecule has 41 heavy (non-hydrogen) atoms. The van der Waals surface area contributed by atoms with E-state index in [0.29, 0.717) is 18.9 Å². The van der Waals surface area contributed by atoms with Crippen molar-refractivity contribution in [2.45, 2.75) is 45.4 Å². The van der Waals surface area contributed by atoms with Crippen molar-refractivity contribution in [3.05, 3.63) is 65.1 Å². The lowest BCUT2D eigenvalue weighted by atomic mass is 10.2. The number of nitrogens with zero attached hydrogens (tertiary/aromatic N) is 1. The van der Waals surface area contributed by atoms with Gasteiger partial charge in [0.15, 0.2) is 23.0 Å². The Labute approximate surface area is 231 Å². The summed E-state index contributed by atoms with van der Waals surface area (Å²) in [5, 5.41) is 4.40. The van der Waals surface area contributed by atoms with E-state index in [4.69, 9.17) is 20.6 Å². The number of nitrogens with two attached hydrogens (primary N) is 2. The number of carbonyl (C=O) groups excluding carboxylic acids is 3. The molecule has 220 valence electrons. The molecule has 0 saturated carbocycles. The van der Waals surface area contributed by atoms with Gasteiger partial charge >= 0.3 is 12.6 Å². The van der Waals surface area contributed by atoms with Crippen LogP contribution in [-0.2, 0) is 11.3 Å². The number of hydrogen-bond acceptors (Lipinski definition) is 8. The molecular weight excluding hydrogens is 554 g/mol. The van der Waals surface area contributed by atoms with E-state index < -0.39 is 42.1 Å². The number of oxazole rings is 1. The number of amides is 4. The van der Waals surface area contributed by atoms with E-state index in [9.17, 15) is 31.9 Å². The molecular formula is C26H27F4N5O6. The molecule has 0 radical (unpaired) electrons. The van der Waals surface area contributed by atoms with E-state index in [1.165, 1.54) is 24.3 Å². The molecule has 3 rings (SSSR count). The number of urea groups is 1. The zero-order valence-electron chi connectivity index (χ0n) is 21.7. The number of nitrogens with one attached hydrogen (secondary N) is 2. The smallest absolute Gasteiger partial charge is 0.387 e. The number of aromatic nitrogens is 1. The zero-order valence-corrected chi connectivity index (χ0v) is 21.7. The lowest BCUT2D eigenvalue weighted by Gasteiger charge is -2.13. The van der Waals surface area contributed by atoms with Crippen LogP contribution < -0.4 is 31.6 Å². The zero-order chi connectivity index (χ0) is 30.1. The van der Waals surface area contributed by atoms with E-state index in [-0.39, 0.29) is 59.5 Å². The van der Waals surface area contributed by atoms with Gasteiger partial charge in [0.05, 0.1) is 12.6 Å². The van der Waals surface area contributed by atoms with E-state index in [1.807, 2.05) is 5.32 Å². The molecule has 4 amide bonds. The quantitative estimate of drug-likeness (QED) is 0.174. The van der Waals surface area contributed by atoms with Gasteiger partial charge in [0.25, 0.3) is 5.91 Å². The fraction of sp³-hybridized carbons (Fsp3) is 0.308. The summed E-state index contributed by atoms with van der Waals surface area (Å²) in [6.07, 6.45) is 0.612. The number of ether oxygens (including phenoxy) is 2. The van der Waals surface area contributed by atoms with Crippen LogP contribution in [0.5, 0.6) is 11.5 Å². The fourth-order valence-corrected chi connectivity index (χ4v) is 3.57. The van der Waals surface area contributed by atoms with Crippen LogP contribution >= 0.6 is 0 Å². The normalized spacial score (nSPS) is 11.7. The minimum absolute atomic E-state index is 0.00157. The summed E-state index contributed by atoms with van der Waals surface area (Å²) < 4.78 is 68.8. The van der Waals surface area contributed by atoms with Crippen molar-refractivity contribution >= 4 is 17.8 Å². The Balaban J connectivity index is 1.77. The summed E-state index contributed by atoms with van der Waals surface area (Å²) in [7, 11) is 0. The summed E-state index contributed by atoms with van der Waals surface area (Å²) >= 11 is 0. The fourth-order valence-electron chi connectivity index (χ4n) is 3.57. The van der Waals surface area contributed by atoms with Crippen LogP contribution in [0.25, 0.3) is 11.5 Å². The van der Waals surface area contributed by atoms with Crippen LogP contribution in [0.1, 0.15) is 54.0 Å². The average molecular weight is 582 g/mol. The van der Waals surface area contributed by atoms with E-state index in [2.05, 4.69) is 15.0 Å². The van der Waals surface area contributed by atoms with Crippen molar-refractivity contribution in [3.63, 3.8) is 0 Å². The van der Waals surface area contributed by atoms with Gasteiger partial charge in [0.1, 0.15) is 11.6 Å². The van der Waals surface area contributed by atoms with Gasteiger partial charge in [0.2, 0.25) is 11.8 Å². The molecule has 0 aliphatic heterocycles. The summed E-state index contributed by atoms with van der Waals surface area (Å²) in [5.41, 5.74) is 10.9. The second-order valence-electron chi connectivity index (χ2n) is 8.70. The van der Waals surface area contributed by atoms with Crippen LogP contribution in [0.3, 0.4) is 0 Å². The summed E-state index contributed by atoms with van der Waals surface area (Å²) in [6.45, 7) is -1.88. The number of unbranched alkanes of at least 4 members (excludes halogenated alkanes) is 1. The second-order valence-corrected chi connectivity index (χ2v) is 8.70. The SMILES string of the molecule is CC(N)c1oc(-c2ccc(OC(F)F)c(OCCCCC(=O)NC(N)=O)c2)nc1C(=O)NCc1ccc(F)cc1F. The van der Waals surface area contributed by atoms with Crippen molar-refractivity contribution in [1.29, 1.82) is 0 Å². The Morgan fingerprint density at radius 2 is 1.83 bits per heavy atom. The first-order valence-electron chi connectivity index (χ1n) is 12.2. The molecule has 3 aromatic rings. The number of alkyl halides is 2. The number of imide groups is 1. The minimum Gasteiger partial charge on any atom is -0.490 e. The third-order valence-corrected chi connectivity index (χ3v) is 5.46. The Hall–Kier alpha value is -4.66. The summed E-state index contributed by atoms with van der Waals surface area (Å²) in [4.78, 5) is 39.2. The second kappa shape index (κ2) is 14.1. The highest BCUT2D eigenvalue weighted by molar-refractivity contribution is 5.94. The lowest BCUT2D eigenvalue weighted by Crippen LogP contribution is -2.34. The number of carbonyl (C=O) groups is 3. The molecule has 0 saturated heterocycles. The van der Waals surface area contributed by atoms with Crippen LogP contribution in [0.4, 0.5) is 22.4 Å². The summed E-state index contributed by atoms with van der Waals surface area (Å²) in [6, 6.07) is 5.02. The number of rotatable bonds is 13. The maximum absolute atomic E-state index is 13.9. The first kappa shape index (κ1) is 30.9. The lowest BCUT2D eigenvalue weighted by molar-refractivity contribution is -0.120. The van der Waals surface area contributed by atoms with Crippen molar-refractivity contribution in [2.24, 2.45) is 11.5 Å². The predicted octanol–water partition coefficient (Wildman–Crippen LogP) is 3.91. The van der Waals surface area contributed by atoms with Gasteiger partial charge in [-0.1, -0.05) is 6.07 Å². The van der Waals surface area contributed by atoms with Gasteiger partial charge < -0.3 is 30.7 Å². The molecule has 0 bridgehead atoms. The average Bonchev–Trinajstić information content (AvgIpc) is 3.34. The summed E-state index contributed by atoms with van der Waals surface area (Å²) in [5.74, 6) is -3.39. The monoisotopic (exact) mass is 581 g/mol. The van der Waals surface area contributed by atoms with Gasteiger partial charge in [-0.15, -0.1) is 0 Å². The standard InChI is InChI=1S/C26H27F4N5O6/c1-13(31)22-21(23(37)33-12-15-5-7-16(27)11-17(15)28)35-24(41-22)14-6-8-18(40-25(29)30)19(10-14)39-9-3-2-4-20(36)34-26(32)38/h5-8,10-11,13,25H,2-4,9,12,31H2,1H3,(H,33,37)(H3,32,34,36,38). The molecule has 0 fully saturated rings. The Bertz CT molecular complexity index is 1400. The highest BCUT2D eigenvalue weighted by atomic mass is 19.3. The molecule has 1 unspecified atom stereocenters. The van der Waals surface area contributed by atoms with E-state index in [0.717, 1.165) is 6.07 Å². The number of hydrogen-bond donors (Lipinski definition) is 4. The van der Waals surface area contributed by atoms with Crippen LogP contribution in [-0.4, -0.2) is 36.0 Å². The van der Waals surface area contributed by atoms with E-state index in [1.54, 1.807) is 6.92 Å². The van der Waals surface area contributed by atoms with Crippen molar-refractivity contribution in [2.75, 3.05) is 6.61 Å². The van der Waals surface area contributed by atoms with Crippen LogP contribution in [0, 0.1) is 11.6 Å². The van der Waals surface area contributed by atoms with Gasteiger partial charge in [-0.25, -0.2) is 18.6 Å². The first-order chi connectivity index (χ1) is 19.4. The minimum atomic E-state index is -3.15. The first-order valence-corrected chi connectivity index (χ1v) is 12.2. The van der Waals surface area contributed by atoms with Crippen molar-refractivity contribution in [3.8, 4) is 23.0 Å². The highest BCUT2D eigenvalue weighted by Crippen LogP contribution is 2.35. The Morgan fingerprint density at radius 3 is 2.49 bits per heavy atom. The molecule has 1 atom stereocenters. The van der Waals surface area contributed by atoms with Gasteiger partial charge in [-0.3, -0.25) is 14.9 Å². The largest absolute Gasteiger partial charge is 0.490 e. The number of benzene rings is 2. The molecule has 0 aliphatic carbocycles. The molecule has 1 heterocycles. The molecule has 11 nitrogen and oxygen atoms in total. The van der Waals surface area contributed by atoms with Crippen molar-refractivity contribution in [1.82, 2.24) is 15.6 Å². The molecule has 0 aliphatic rings. The van der Waals surface area contributed by atoms with Crippen LogP contribution in [0.15, 0.2) is 40.8 Å². The third kappa shape index (κ3) is 8.93. The highest BCUT2D eigenvalue weighted by Gasteiger charge is 2.24. The predicted molar refractivity (Wildman–Crippen MR) is 136 cm³/mol. The maximum Gasteiger partial charge on any atom is 0.387 e. The van der Waals surface area contributed by atoms with Crippen LogP contribution in [0.2, 0.25) is 0 Å². The maximum atomic E-state index is 13.9. The molecule has 0 spiro atoms. The van der Waals surface area contributed by atoms with Crippen molar-refractivity contribution < 1.29 is 45.8 Å². The molecule has 1 aromatic heterocycles.